The third kappa shape index (κ3) is 2.40. The van der Waals surface area contributed by atoms with Gasteiger partial charge in [0.05, 0.1) is 7.11 Å². The Balaban J connectivity index is 2.11. The van der Waals surface area contributed by atoms with Crippen molar-refractivity contribution in [2.24, 2.45) is 0 Å². The number of anilines is 2. The lowest BCUT2D eigenvalue weighted by Crippen LogP contribution is -2.27. The standard InChI is InChI=1S/C15H15N3O3/c1-21-13-9-11(15(19)20)14(17-16-13)18-8-4-6-10-5-2-3-7-12(10)18/h2-3,5,7,9H,4,6,8H2,1H3,(H,19,20). The molecule has 1 aliphatic rings. The van der Waals surface area contributed by atoms with Gasteiger partial charge in [0.1, 0.15) is 5.56 Å². The van der Waals surface area contributed by atoms with E-state index in [1.165, 1.54) is 18.7 Å². The van der Waals surface area contributed by atoms with Gasteiger partial charge in [0.15, 0.2) is 5.82 Å². The highest BCUT2D eigenvalue weighted by atomic mass is 16.5. The van der Waals surface area contributed by atoms with Gasteiger partial charge in [-0.05, 0) is 24.5 Å². The van der Waals surface area contributed by atoms with Gasteiger partial charge in [0, 0.05) is 18.3 Å². The Morgan fingerprint density at radius 1 is 1.33 bits per heavy atom. The molecule has 0 spiro atoms. The molecule has 0 radical (unpaired) electrons. The number of methoxy groups -OCH3 is 1. The molecule has 0 saturated heterocycles. The minimum absolute atomic E-state index is 0.0959. The number of aromatic carboxylic acids is 1. The van der Waals surface area contributed by atoms with Crippen molar-refractivity contribution in [1.29, 1.82) is 0 Å². The molecule has 1 aliphatic heterocycles. The maximum absolute atomic E-state index is 11.5. The molecule has 1 aromatic heterocycles. The molecule has 0 unspecified atom stereocenters. The number of nitrogens with zero attached hydrogens (tertiary/aromatic N) is 3. The number of rotatable bonds is 3. The van der Waals surface area contributed by atoms with E-state index in [9.17, 15) is 9.90 Å². The molecule has 2 heterocycles. The first-order chi connectivity index (χ1) is 10.2. The smallest absolute Gasteiger partial charge is 0.339 e. The fraction of sp³-hybridized carbons (Fsp3) is 0.267. The van der Waals surface area contributed by atoms with Crippen LogP contribution >= 0.6 is 0 Å². The van der Waals surface area contributed by atoms with Crippen molar-refractivity contribution in [2.75, 3.05) is 18.6 Å². The largest absolute Gasteiger partial charge is 0.480 e. The molecule has 6 nitrogen and oxygen atoms in total. The minimum atomic E-state index is -1.04. The van der Waals surface area contributed by atoms with Gasteiger partial charge in [0.2, 0.25) is 5.88 Å². The van der Waals surface area contributed by atoms with Crippen molar-refractivity contribution in [3.8, 4) is 5.88 Å². The van der Waals surface area contributed by atoms with Crippen LogP contribution in [0.25, 0.3) is 0 Å². The number of hydrogen-bond acceptors (Lipinski definition) is 5. The second-order valence-corrected chi connectivity index (χ2v) is 4.81. The Kier molecular flexibility index (Phi) is 3.43. The molecular formula is C15H15N3O3. The average Bonchev–Trinajstić information content (AvgIpc) is 2.53. The zero-order chi connectivity index (χ0) is 14.8. The molecular weight excluding hydrogens is 270 g/mol. The Morgan fingerprint density at radius 2 is 2.14 bits per heavy atom. The monoisotopic (exact) mass is 285 g/mol. The zero-order valence-electron chi connectivity index (χ0n) is 11.6. The number of aromatic nitrogens is 2. The lowest BCUT2D eigenvalue weighted by molar-refractivity contribution is 0.0696. The van der Waals surface area contributed by atoms with Crippen LogP contribution in [-0.2, 0) is 6.42 Å². The summed E-state index contributed by atoms with van der Waals surface area (Å²) in [6.07, 6.45) is 1.93. The molecule has 0 aliphatic carbocycles. The van der Waals surface area contributed by atoms with Crippen LogP contribution in [0.1, 0.15) is 22.3 Å². The Labute approximate surface area is 122 Å². The molecule has 6 heteroatoms. The van der Waals surface area contributed by atoms with Gasteiger partial charge in [0.25, 0.3) is 0 Å². The lowest BCUT2D eigenvalue weighted by Gasteiger charge is -2.30. The second-order valence-electron chi connectivity index (χ2n) is 4.81. The van der Waals surface area contributed by atoms with Gasteiger partial charge in [-0.1, -0.05) is 18.2 Å². The SMILES string of the molecule is COc1cc(C(=O)O)c(N2CCCc3ccccc32)nn1. The Morgan fingerprint density at radius 3 is 2.90 bits per heavy atom. The van der Waals surface area contributed by atoms with Crippen LogP contribution in [0.15, 0.2) is 30.3 Å². The number of hydrogen-bond donors (Lipinski definition) is 1. The van der Waals surface area contributed by atoms with E-state index in [2.05, 4.69) is 16.3 Å². The van der Waals surface area contributed by atoms with E-state index in [0.717, 1.165) is 25.1 Å². The van der Waals surface area contributed by atoms with Gasteiger partial charge in [-0.25, -0.2) is 4.79 Å². The molecule has 108 valence electrons. The first-order valence-corrected chi connectivity index (χ1v) is 6.71. The number of ether oxygens (including phenoxy) is 1. The van der Waals surface area contributed by atoms with E-state index < -0.39 is 5.97 Å². The number of carbonyl (C=O) groups is 1. The van der Waals surface area contributed by atoms with Gasteiger partial charge in [-0.3, -0.25) is 0 Å². The summed E-state index contributed by atoms with van der Waals surface area (Å²) in [4.78, 5) is 13.4. The number of aryl methyl sites for hydroxylation is 1. The highest BCUT2D eigenvalue weighted by Gasteiger charge is 2.24. The molecule has 21 heavy (non-hydrogen) atoms. The van der Waals surface area contributed by atoms with Gasteiger partial charge >= 0.3 is 5.97 Å². The molecule has 0 bridgehead atoms. The normalized spacial score (nSPS) is 13.7. The Hall–Kier alpha value is -2.63. The van der Waals surface area contributed by atoms with Gasteiger partial charge < -0.3 is 14.7 Å². The quantitative estimate of drug-likeness (QED) is 0.932. The maximum atomic E-state index is 11.5. The molecule has 0 atom stereocenters. The topological polar surface area (TPSA) is 75.6 Å². The van der Waals surface area contributed by atoms with E-state index in [1.54, 1.807) is 0 Å². The fourth-order valence-electron chi connectivity index (χ4n) is 2.58. The van der Waals surface area contributed by atoms with Crippen molar-refractivity contribution >= 4 is 17.5 Å². The second kappa shape index (κ2) is 5.40. The van der Waals surface area contributed by atoms with Crippen molar-refractivity contribution in [1.82, 2.24) is 10.2 Å². The summed E-state index contributed by atoms with van der Waals surface area (Å²) in [5, 5.41) is 17.4. The summed E-state index contributed by atoms with van der Waals surface area (Å²) in [7, 11) is 1.44. The molecule has 1 N–H and O–H groups in total. The van der Waals surface area contributed by atoms with Crippen molar-refractivity contribution in [3.63, 3.8) is 0 Å². The van der Waals surface area contributed by atoms with Crippen molar-refractivity contribution < 1.29 is 14.6 Å². The molecule has 1 aromatic carbocycles. The summed E-state index contributed by atoms with van der Waals surface area (Å²) >= 11 is 0. The highest BCUT2D eigenvalue weighted by molar-refractivity contribution is 5.94. The lowest BCUT2D eigenvalue weighted by atomic mass is 10.0. The van der Waals surface area contributed by atoms with Crippen LogP contribution in [0.4, 0.5) is 11.5 Å². The predicted octanol–water partition coefficient (Wildman–Crippen LogP) is 2.27. The third-order valence-corrected chi connectivity index (χ3v) is 3.56. The summed E-state index contributed by atoms with van der Waals surface area (Å²) in [6, 6.07) is 9.36. The molecule has 2 aromatic rings. The van der Waals surface area contributed by atoms with Crippen LogP contribution in [0.3, 0.4) is 0 Å². The molecule has 0 fully saturated rings. The first-order valence-electron chi connectivity index (χ1n) is 6.71. The van der Waals surface area contributed by atoms with Crippen molar-refractivity contribution in [2.45, 2.75) is 12.8 Å². The summed E-state index contributed by atoms with van der Waals surface area (Å²) < 4.78 is 4.96. The van der Waals surface area contributed by atoms with E-state index in [0.29, 0.717) is 5.82 Å². The zero-order valence-corrected chi connectivity index (χ0v) is 11.6. The van der Waals surface area contributed by atoms with E-state index in [4.69, 9.17) is 4.74 Å². The number of fused-ring (bicyclic) bond motifs is 1. The van der Waals surface area contributed by atoms with E-state index in [1.807, 2.05) is 23.1 Å². The van der Waals surface area contributed by atoms with Crippen LogP contribution in [-0.4, -0.2) is 34.9 Å². The summed E-state index contributed by atoms with van der Waals surface area (Å²) in [5.41, 5.74) is 2.28. The molecule has 0 saturated carbocycles. The highest BCUT2D eigenvalue weighted by Crippen LogP contribution is 2.34. The number of benzene rings is 1. The summed E-state index contributed by atoms with van der Waals surface area (Å²) in [6.45, 7) is 0.721. The minimum Gasteiger partial charge on any atom is -0.480 e. The summed E-state index contributed by atoms with van der Waals surface area (Å²) in [5.74, 6) is -0.488. The van der Waals surface area contributed by atoms with Crippen LogP contribution in [0.5, 0.6) is 5.88 Å². The van der Waals surface area contributed by atoms with Gasteiger partial charge in [-0.2, -0.15) is 0 Å². The van der Waals surface area contributed by atoms with Crippen LogP contribution in [0.2, 0.25) is 0 Å². The van der Waals surface area contributed by atoms with E-state index in [-0.39, 0.29) is 11.4 Å². The van der Waals surface area contributed by atoms with Gasteiger partial charge in [-0.15, -0.1) is 10.2 Å². The van der Waals surface area contributed by atoms with Crippen LogP contribution < -0.4 is 9.64 Å². The molecule has 0 amide bonds. The Bertz CT molecular complexity index is 688. The number of para-hydroxylation sites is 1. The van der Waals surface area contributed by atoms with Crippen LogP contribution in [0, 0.1) is 0 Å². The maximum Gasteiger partial charge on any atom is 0.339 e. The number of carboxylic acids is 1. The average molecular weight is 285 g/mol. The number of carboxylic acid groups (broad SMARTS) is 1. The van der Waals surface area contributed by atoms with Crippen molar-refractivity contribution in [3.05, 3.63) is 41.5 Å². The fourth-order valence-corrected chi connectivity index (χ4v) is 2.58. The van der Waals surface area contributed by atoms with E-state index >= 15 is 0 Å². The third-order valence-electron chi connectivity index (χ3n) is 3.56. The first kappa shape index (κ1) is 13.4. The molecule has 3 rings (SSSR count). The predicted molar refractivity (Wildman–Crippen MR) is 77.3 cm³/mol.